The molecule has 0 aliphatic carbocycles. The molecule has 0 spiro atoms. The number of unbranched alkanes of at least 4 members (excludes halogenated alkanes) is 1. The van der Waals surface area contributed by atoms with Crippen molar-refractivity contribution in [2.45, 2.75) is 39.7 Å². The van der Waals surface area contributed by atoms with Gasteiger partial charge in [-0.3, -0.25) is 0 Å². The van der Waals surface area contributed by atoms with Gasteiger partial charge in [0.25, 0.3) is 0 Å². The van der Waals surface area contributed by atoms with Crippen molar-refractivity contribution in [1.82, 2.24) is 0 Å². The van der Waals surface area contributed by atoms with Gasteiger partial charge in [0.15, 0.2) is 0 Å². The van der Waals surface area contributed by atoms with Crippen molar-refractivity contribution < 1.29 is 9.13 Å². The Bertz CT molecular complexity index is 1200. The summed E-state index contributed by atoms with van der Waals surface area (Å²) in [6, 6.07) is 28.9. The molecule has 0 atom stereocenters. The summed E-state index contributed by atoms with van der Waals surface area (Å²) >= 11 is 6.21. The second kappa shape index (κ2) is 10.7. The number of hydrogen-bond acceptors (Lipinski definition) is 1. The molecule has 4 rings (SSSR count). The van der Waals surface area contributed by atoms with Gasteiger partial charge in [0.05, 0.1) is 0 Å². The minimum atomic E-state index is -0.368. The van der Waals surface area contributed by atoms with Gasteiger partial charge in [-0.05, 0) is 59.2 Å². The van der Waals surface area contributed by atoms with Crippen LogP contribution in [0, 0.1) is 12.7 Å². The molecule has 0 aliphatic heterocycles. The summed E-state index contributed by atoms with van der Waals surface area (Å²) in [5.41, 5.74) is 7.62. The van der Waals surface area contributed by atoms with Gasteiger partial charge in [-0.1, -0.05) is 109 Å². The lowest BCUT2D eigenvalue weighted by Crippen LogP contribution is -1.99. The fourth-order valence-corrected chi connectivity index (χ4v) is 4.04. The highest BCUT2D eigenvalue weighted by molar-refractivity contribution is 6.32. The van der Waals surface area contributed by atoms with E-state index in [0.29, 0.717) is 24.3 Å². The average molecular weight is 459 g/mol. The van der Waals surface area contributed by atoms with Gasteiger partial charge in [-0.2, -0.15) is 0 Å². The van der Waals surface area contributed by atoms with E-state index in [0.717, 1.165) is 29.5 Å². The summed E-state index contributed by atoms with van der Waals surface area (Å²) < 4.78 is 20.3. The quantitative estimate of drug-likeness (QED) is 0.256. The zero-order valence-electron chi connectivity index (χ0n) is 19.1. The van der Waals surface area contributed by atoms with Crippen molar-refractivity contribution >= 4 is 11.6 Å². The Morgan fingerprint density at radius 3 is 1.79 bits per heavy atom. The molecule has 4 aromatic rings. The van der Waals surface area contributed by atoms with Gasteiger partial charge in [-0.25, -0.2) is 4.39 Å². The van der Waals surface area contributed by atoms with Gasteiger partial charge in [0.1, 0.15) is 23.2 Å². The first kappa shape index (κ1) is 23.1. The molecule has 4 aromatic carbocycles. The third-order valence-corrected chi connectivity index (χ3v) is 6.23. The van der Waals surface area contributed by atoms with Crippen LogP contribution in [0.5, 0.6) is 5.75 Å². The van der Waals surface area contributed by atoms with Crippen molar-refractivity contribution in [3.63, 3.8) is 0 Å². The molecule has 1 nitrogen and oxygen atoms in total. The summed E-state index contributed by atoms with van der Waals surface area (Å²) in [6.45, 7) is 4.52. The van der Waals surface area contributed by atoms with Crippen LogP contribution in [0.15, 0.2) is 84.9 Å². The first-order valence-corrected chi connectivity index (χ1v) is 11.8. The Morgan fingerprint density at radius 2 is 1.24 bits per heavy atom. The standard InChI is InChI=1S/C30H28ClFO/c1-3-4-5-27-18-19-28(29(31)30(27)32)33-20-22-8-12-24(13-9-22)26-16-14-25(15-17-26)23-10-6-21(2)7-11-23/h6-19H,3-5,20H2,1-2H3. The second-order valence-electron chi connectivity index (χ2n) is 8.38. The zero-order valence-corrected chi connectivity index (χ0v) is 19.8. The lowest BCUT2D eigenvalue weighted by molar-refractivity contribution is 0.304. The lowest BCUT2D eigenvalue weighted by Gasteiger charge is -2.12. The van der Waals surface area contributed by atoms with Crippen LogP contribution in [0.25, 0.3) is 22.3 Å². The molecule has 3 heteroatoms. The van der Waals surface area contributed by atoms with Crippen molar-refractivity contribution in [3.05, 3.63) is 112 Å². The second-order valence-corrected chi connectivity index (χ2v) is 8.76. The largest absolute Gasteiger partial charge is 0.487 e. The van der Waals surface area contributed by atoms with Crippen LogP contribution in [0.2, 0.25) is 5.02 Å². The van der Waals surface area contributed by atoms with E-state index in [-0.39, 0.29) is 10.8 Å². The summed E-state index contributed by atoms with van der Waals surface area (Å²) in [7, 11) is 0. The maximum Gasteiger partial charge on any atom is 0.148 e. The maximum absolute atomic E-state index is 14.5. The third kappa shape index (κ3) is 5.64. The van der Waals surface area contributed by atoms with E-state index in [2.05, 4.69) is 74.5 Å². The number of rotatable bonds is 8. The van der Waals surface area contributed by atoms with E-state index in [1.54, 1.807) is 12.1 Å². The Kier molecular flexibility index (Phi) is 7.47. The van der Waals surface area contributed by atoms with Gasteiger partial charge in [-0.15, -0.1) is 0 Å². The van der Waals surface area contributed by atoms with Crippen molar-refractivity contribution in [1.29, 1.82) is 0 Å². The highest BCUT2D eigenvalue weighted by atomic mass is 35.5. The highest BCUT2D eigenvalue weighted by Gasteiger charge is 2.12. The molecule has 0 amide bonds. The molecule has 0 saturated heterocycles. The van der Waals surface area contributed by atoms with Crippen molar-refractivity contribution in [3.8, 4) is 28.0 Å². The van der Waals surface area contributed by atoms with Crippen LogP contribution in [0.3, 0.4) is 0 Å². The predicted octanol–water partition coefficient (Wildman–Crippen LogP) is 9.04. The van der Waals surface area contributed by atoms with Crippen LogP contribution >= 0.6 is 11.6 Å². The van der Waals surface area contributed by atoms with Crippen molar-refractivity contribution in [2.75, 3.05) is 0 Å². The van der Waals surface area contributed by atoms with Crippen LogP contribution in [-0.4, -0.2) is 0 Å². The van der Waals surface area contributed by atoms with Gasteiger partial charge in [0.2, 0.25) is 0 Å². The number of ether oxygens (including phenoxy) is 1. The molecule has 0 N–H and O–H groups in total. The zero-order chi connectivity index (χ0) is 23.2. The molecule has 0 radical (unpaired) electrons. The number of aryl methyl sites for hydroxylation is 2. The van der Waals surface area contributed by atoms with Gasteiger partial charge >= 0.3 is 0 Å². The van der Waals surface area contributed by atoms with Crippen LogP contribution in [-0.2, 0) is 13.0 Å². The lowest BCUT2D eigenvalue weighted by atomic mass is 9.99. The molecule has 0 saturated carbocycles. The molecule has 0 heterocycles. The van der Waals surface area contributed by atoms with E-state index in [4.69, 9.17) is 16.3 Å². The van der Waals surface area contributed by atoms with E-state index < -0.39 is 0 Å². The Hall–Kier alpha value is -3.10. The van der Waals surface area contributed by atoms with Gasteiger partial charge < -0.3 is 4.74 Å². The molecular weight excluding hydrogens is 431 g/mol. The molecule has 0 aromatic heterocycles. The summed E-state index contributed by atoms with van der Waals surface area (Å²) in [5.74, 6) is 0.0113. The molecule has 0 bridgehead atoms. The summed E-state index contributed by atoms with van der Waals surface area (Å²) in [6.07, 6.45) is 2.65. The van der Waals surface area contributed by atoms with Crippen LogP contribution < -0.4 is 4.74 Å². The van der Waals surface area contributed by atoms with E-state index in [1.165, 1.54) is 16.7 Å². The molecule has 0 fully saturated rings. The Morgan fingerprint density at radius 1 is 0.727 bits per heavy atom. The van der Waals surface area contributed by atoms with E-state index in [1.807, 2.05) is 12.1 Å². The van der Waals surface area contributed by atoms with Crippen LogP contribution in [0.4, 0.5) is 4.39 Å². The SMILES string of the molecule is CCCCc1ccc(OCc2ccc(-c3ccc(-c4ccc(C)cc4)cc3)cc2)c(Cl)c1F. The van der Waals surface area contributed by atoms with Crippen molar-refractivity contribution in [2.24, 2.45) is 0 Å². The number of benzene rings is 4. The Balaban J connectivity index is 1.40. The predicted molar refractivity (Wildman–Crippen MR) is 136 cm³/mol. The monoisotopic (exact) mass is 458 g/mol. The third-order valence-electron chi connectivity index (χ3n) is 5.88. The summed E-state index contributed by atoms with van der Waals surface area (Å²) in [5, 5.41) is 0.0638. The molecule has 0 aliphatic rings. The van der Waals surface area contributed by atoms with Crippen LogP contribution in [0.1, 0.15) is 36.5 Å². The number of halogens is 2. The molecule has 33 heavy (non-hydrogen) atoms. The van der Waals surface area contributed by atoms with Gasteiger partial charge in [0, 0.05) is 0 Å². The van der Waals surface area contributed by atoms with E-state index in [9.17, 15) is 4.39 Å². The average Bonchev–Trinajstić information content (AvgIpc) is 2.85. The van der Waals surface area contributed by atoms with E-state index >= 15 is 0 Å². The minimum Gasteiger partial charge on any atom is -0.487 e. The fraction of sp³-hybridized carbons (Fsp3) is 0.200. The minimum absolute atomic E-state index is 0.0638. The Labute approximate surface area is 200 Å². The normalized spacial score (nSPS) is 10.9. The molecule has 0 unspecified atom stereocenters. The number of hydrogen-bond donors (Lipinski definition) is 0. The topological polar surface area (TPSA) is 9.23 Å². The first-order chi connectivity index (χ1) is 16.0. The highest BCUT2D eigenvalue weighted by Crippen LogP contribution is 2.31. The fourth-order valence-electron chi connectivity index (χ4n) is 3.80. The molecule has 168 valence electrons. The maximum atomic E-state index is 14.5. The first-order valence-electron chi connectivity index (χ1n) is 11.4. The smallest absolute Gasteiger partial charge is 0.148 e. The molecular formula is C30H28ClFO. The summed E-state index contributed by atoms with van der Waals surface area (Å²) in [4.78, 5) is 0.